The van der Waals surface area contributed by atoms with Crippen molar-refractivity contribution in [3.8, 4) is 5.88 Å². The first-order valence-corrected chi connectivity index (χ1v) is 11.5. The number of methoxy groups -OCH3 is 1. The zero-order valence-electron chi connectivity index (χ0n) is 17.7. The average molecular weight is 453 g/mol. The fraction of sp³-hybridized carbons (Fsp3) is 0.650. The molecule has 2 N–H and O–H groups in total. The summed E-state index contributed by atoms with van der Waals surface area (Å²) in [4.78, 5) is 55.0. The Balaban J connectivity index is 1.75. The van der Waals surface area contributed by atoms with Gasteiger partial charge in [-0.15, -0.1) is 11.3 Å². The molecule has 0 bridgehead atoms. The standard InChI is InChI=1S/C20H28N4O6S/c1-3-7-13-17(26)24(19(27)21-13)14(10-12-8-5-4-6-9-12)16(25)23-18-22-15(11-31-18)30-20(28)29-2/h11-14H,3-10H2,1-2H3,(H,21,27)(H,22,23,25)/t13-,14+/m1/s1. The maximum absolute atomic E-state index is 13.2. The third kappa shape index (κ3) is 5.72. The monoisotopic (exact) mass is 452 g/mol. The summed E-state index contributed by atoms with van der Waals surface area (Å²) in [7, 11) is 1.18. The number of amides is 4. The molecule has 1 aliphatic carbocycles. The minimum atomic E-state index is -0.925. The summed E-state index contributed by atoms with van der Waals surface area (Å²) in [6.45, 7) is 1.94. The molecular formula is C20H28N4O6S. The van der Waals surface area contributed by atoms with Crippen LogP contribution in [0.4, 0.5) is 14.7 Å². The summed E-state index contributed by atoms with van der Waals surface area (Å²) in [6, 6.07) is -2.06. The molecule has 2 fully saturated rings. The molecule has 2 atom stereocenters. The quantitative estimate of drug-likeness (QED) is 0.458. The molecule has 0 unspecified atom stereocenters. The van der Waals surface area contributed by atoms with Crippen molar-refractivity contribution in [2.45, 2.75) is 70.4 Å². The predicted molar refractivity (Wildman–Crippen MR) is 113 cm³/mol. The first kappa shape index (κ1) is 23.0. The molecule has 11 heteroatoms. The van der Waals surface area contributed by atoms with E-state index < -0.39 is 30.2 Å². The lowest BCUT2D eigenvalue weighted by atomic mass is 9.84. The molecule has 1 saturated carbocycles. The van der Waals surface area contributed by atoms with Crippen LogP contribution in [0.3, 0.4) is 0 Å². The van der Waals surface area contributed by atoms with Gasteiger partial charge in [-0.3, -0.25) is 9.59 Å². The average Bonchev–Trinajstić information content (AvgIpc) is 3.30. The minimum Gasteiger partial charge on any atom is -0.437 e. The zero-order valence-corrected chi connectivity index (χ0v) is 18.5. The number of hydrogen-bond acceptors (Lipinski definition) is 8. The molecule has 2 aliphatic rings. The van der Waals surface area contributed by atoms with Crippen molar-refractivity contribution in [3.05, 3.63) is 5.38 Å². The lowest BCUT2D eigenvalue weighted by Gasteiger charge is -2.29. The van der Waals surface area contributed by atoms with Gasteiger partial charge in [0.2, 0.25) is 11.8 Å². The van der Waals surface area contributed by atoms with E-state index in [1.165, 1.54) is 12.5 Å². The van der Waals surface area contributed by atoms with Gasteiger partial charge in [0.1, 0.15) is 12.1 Å². The van der Waals surface area contributed by atoms with E-state index in [2.05, 4.69) is 20.4 Å². The topological polar surface area (TPSA) is 127 Å². The van der Waals surface area contributed by atoms with Crippen LogP contribution in [0.2, 0.25) is 0 Å². The van der Waals surface area contributed by atoms with Crippen molar-refractivity contribution in [1.29, 1.82) is 0 Å². The number of carbonyl (C=O) groups is 4. The van der Waals surface area contributed by atoms with Crippen molar-refractivity contribution in [2.75, 3.05) is 12.4 Å². The van der Waals surface area contributed by atoms with Crippen LogP contribution < -0.4 is 15.4 Å². The van der Waals surface area contributed by atoms with Gasteiger partial charge in [-0.05, 0) is 18.8 Å². The van der Waals surface area contributed by atoms with Crippen LogP contribution in [-0.2, 0) is 14.3 Å². The number of imide groups is 1. The predicted octanol–water partition coefficient (Wildman–Crippen LogP) is 3.29. The maximum atomic E-state index is 13.2. The maximum Gasteiger partial charge on any atom is 0.514 e. The number of thiazole rings is 1. The third-order valence-electron chi connectivity index (χ3n) is 5.59. The van der Waals surface area contributed by atoms with Crippen molar-refractivity contribution in [3.63, 3.8) is 0 Å². The van der Waals surface area contributed by atoms with Gasteiger partial charge in [0.25, 0.3) is 5.91 Å². The molecule has 170 valence electrons. The van der Waals surface area contributed by atoms with E-state index >= 15 is 0 Å². The van der Waals surface area contributed by atoms with Gasteiger partial charge in [-0.25, -0.2) is 14.5 Å². The van der Waals surface area contributed by atoms with E-state index in [-0.39, 0.29) is 22.8 Å². The van der Waals surface area contributed by atoms with Gasteiger partial charge >= 0.3 is 12.2 Å². The molecule has 10 nitrogen and oxygen atoms in total. The number of ether oxygens (including phenoxy) is 2. The van der Waals surface area contributed by atoms with E-state index in [1.54, 1.807) is 0 Å². The summed E-state index contributed by atoms with van der Waals surface area (Å²) in [5, 5.41) is 7.02. The largest absolute Gasteiger partial charge is 0.514 e. The molecule has 3 rings (SSSR count). The van der Waals surface area contributed by atoms with Crippen molar-refractivity contribution >= 4 is 40.5 Å². The van der Waals surface area contributed by atoms with Crippen molar-refractivity contribution in [2.24, 2.45) is 5.92 Å². The Bertz CT molecular complexity index is 822. The number of rotatable bonds is 8. The van der Waals surface area contributed by atoms with Crippen LogP contribution in [-0.4, -0.2) is 53.1 Å². The zero-order chi connectivity index (χ0) is 22.4. The molecule has 0 radical (unpaired) electrons. The molecule has 1 aromatic rings. The normalized spacial score (nSPS) is 20.3. The van der Waals surface area contributed by atoms with Crippen LogP contribution in [0.5, 0.6) is 5.88 Å². The third-order valence-corrected chi connectivity index (χ3v) is 6.33. The highest BCUT2D eigenvalue weighted by molar-refractivity contribution is 7.14. The molecule has 1 aliphatic heterocycles. The lowest BCUT2D eigenvalue weighted by molar-refractivity contribution is -0.134. The number of nitrogens with zero attached hydrogens (tertiary/aromatic N) is 2. The fourth-order valence-corrected chi connectivity index (χ4v) is 4.69. The van der Waals surface area contributed by atoms with Gasteiger partial charge < -0.3 is 20.1 Å². The summed E-state index contributed by atoms with van der Waals surface area (Å²) >= 11 is 1.07. The second kappa shape index (κ2) is 10.6. The molecule has 2 heterocycles. The van der Waals surface area contributed by atoms with Gasteiger partial charge in [-0.1, -0.05) is 45.4 Å². The smallest absolute Gasteiger partial charge is 0.437 e. The summed E-state index contributed by atoms with van der Waals surface area (Å²) < 4.78 is 9.26. The first-order chi connectivity index (χ1) is 14.9. The molecule has 4 amide bonds. The van der Waals surface area contributed by atoms with Gasteiger partial charge in [0, 0.05) is 0 Å². The van der Waals surface area contributed by atoms with Crippen LogP contribution in [0, 0.1) is 5.92 Å². The number of hydrogen-bond donors (Lipinski definition) is 2. The van der Waals surface area contributed by atoms with E-state index in [1.807, 2.05) is 6.92 Å². The molecular weight excluding hydrogens is 424 g/mol. The highest BCUT2D eigenvalue weighted by Gasteiger charge is 2.45. The lowest BCUT2D eigenvalue weighted by Crippen LogP contribution is -2.49. The summed E-state index contributed by atoms with van der Waals surface area (Å²) in [5.41, 5.74) is 0. The second-order valence-corrected chi connectivity index (χ2v) is 8.65. The number of anilines is 1. The Morgan fingerprint density at radius 3 is 2.74 bits per heavy atom. The SMILES string of the molecule is CCC[C@H]1NC(=O)N([C@@H](CC2CCCCC2)C(=O)Nc2nc(OC(=O)OC)cs2)C1=O. The fourth-order valence-electron chi connectivity index (χ4n) is 4.08. The molecule has 0 spiro atoms. The van der Waals surface area contributed by atoms with Crippen molar-refractivity contribution in [1.82, 2.24) is 15.2 Å². The first-order valence-electron chi connectivity index (χ1n) is 10.6. The van der Waals surface area contributed by atoms with E-state index in [0.717, 1.165) is 54.8 Å². The van der Waals surface area contributed by atoms with E-state index in [4.69, 9.17) is 4.74 Å². The Morgan fingerprint density at radius 2 is 2.06 bits per heavy atom. The van der Waals surface area contributed by atoms with Crippen LogP contribution in [0.15, 0.2) is 5.38 Å². The second-order valence-electron chi connectivity index (χ2n) is 7.79. The van der Waals surface area contributed by atoms with Gasteiger partial charge in [0.15, 0.2) is 5.13 Å². The number of urea groups is 1. The Labute approximate surface area is 184 Å². The van der Waals surface area contributed by atoms with Crippen LogP contribution in [0.1, 0.15) is 58.3 Å². The Morgan fingerprint density at radius 1 is 1.32 bits per heavy atom. The van der Waals surface area contributed by atoms with Crippen LogP contribution >= 0.6 is 11.3 Å². The van der Waals surface area contributed by atoms with E-state index in [9.17, 15) is 19.2 Å². The number of aromatic nitrogens is 1. The molecule has 1 aromatic heterocycles. The molecule has 31 heavy (non-hydrogen) atoms. The molecule has 1 saturated heterocycles. The molecule has 0 aromatic carbocycles. The Hall–Kier alpha value is -2.69. The summed E-state index contributed by atoms with van der Waals surface area (Å²) in [5.74, 6) is -0.583. The van der Waals surface area contributed by atoms with E-state index in [0.29, 0.717) is 12.8 Å². The van der Waals surface area contributed by atoms with Crippen molar-refractivity contribution < 1.29 is 28.7 Å². The number of carbonyl (C=O) groups excluding carboxylic acids is 4. The van der Waals surface area contributed by atoms with Gasteiger partial charge in [-0.2, -0.15) is 4.98 Å². The van der Waals surface area contributed by atoms with Crippen LogP contribution in [0.25, 0.3) is 0 Å². The highest BCUT2D eigenvalue weighted by atomic mass is 32.1. The number of nitrogens with one attached hydrogen (secondary N) is 2. The highest BCUT2D eigenvalue weighted by Crippen LogP contribution is 2.31. The summed E-state index contributed by atoms with van der Waals surface area (Å²) in [6.07, 6.45) is 6.04. The van der Waals surface area contributed by atoms with Gasteiger partial charge in [0.05, 0.1) is 12.5 Å². The minimum absolute atomic E-state index is 0.00557. The Kier molecular flexibility index (Phi) is 7.83.